The van der Waals surface area contributed by atoms with Crippen molar-refractivity contribution in [2.45, 2.75) is 19.1 Å². The van der Waals surface area contributed by atoms with E-state index in [1.54, 1.807) is 18.7 Å². The van der Waals surface area contributed by atoms with Gasteiger partial charge in [0.1, 0.15) is 6.61 Å². The molecular weight excluding hydrogens is 304 g/mol. The second-order valence-electron chi connectivity index (χ2n) is 4.34. The molecular formula is C16H24O3S2. The standard InChI is InChI=1S/C16H24O3S2/c1-2-16(17)19-10-13-20-11-8-18-9-12-21-14-15-6-4-3-5-7-15/h3-7H,2,8-14H2,1H3. The van der Waals surface area contributed by atoms with Crippen LogP contribution in [0.25, 0.3) is 0 Å². The van der Waals surface area contributed by atoms with Crippen molar-refractivity contribution in [2.75, 3.05) is 37.1 Å². The third-order valence-corrected chi connectivity index (χ3v) is 4.54. The first kappa shape index (κ1) is 18.4. The zero-order valence-corrected chi connectivity index (χ0v) is 14.2. The summed E-state index contributed by atoms with van der Waals surface area (Å²) in [5, 5.41) is 0. The Balaban J connectivity index is 1.80. The van der Waals surface area contributed by atoms with E-state index in [9.17, 15) is 4.79 Å². The van der Waals surface area contributed by atoms with Gasteiger partial charge in [0.25, 0.3) is 0 Å². The Morgan fingerprint density at radius 2 is 1.67 bits per heavy atom. The van der Waals surface area contributed by atoms with E-state index < -0.39 is 0 Å². The van der Waals surface area contributed by atoms with E-state index in [1.807, 2.05) is 17.8 Å². The van der Waals surface area contributed by atoms with Crippen LogP contribution < -0.4 is 0 Å². The van der Waals surface area contributed by atoms with Crippen LogP contribution in [-0.2, 0) is 20.0 Å². The van der Waals surface area contributed by atoms with Crippen LogP contribution in [0.5, 0.6) is 0 Å². The summed E-state index contributed by atoms with van der Waals surface area (Å²) in [5.41, 5.74) is 1.36. The SMILES string of the molecule is CCC(=O)OCCSCCOCCSCc1ccccc1. The Labute approximate surface area is 136 Å². The third-order valence-electron chi connectivity index (χ3n) is 2.63. The number of thioether (sulfide) groups is 2. The fraction of sp³-hybridized carbons (Fsp3) is 0.562. The van der Waals surface area contributed by atoms with Crippen molar-refractivity contribution in [2.24, 2.45) is 0 Å². The minimum Gasteiger partial charge on any atom is -0.465 e. The monoisotopic (exact) mass is 328 g/mol. The van der Waals surface area contributed by atoms with Gasteiger partial charge < -0.3 is 9.47 Å². The molecule has 1 aromatic rings. The minimum absolute atomic E-state index is 0.123. The van der Waals surface area contributed by atoms with Gasteiger partial charge in [-0.15, -0.1) is 0 Å². The fourth-order valence-corrected chi connectivity index (χ4v) is 2.97. The lowest BCUT2D eigenvalue weighted by Crippen LogP contribution is -2.07. The first-order valence-corrected chi connectivity index (χ1v) is 9.56. The lowest BCUT2D eigenvalue weighted by atomic mass is 10.2. The molecule has 1 rings (SSSR count). The van der Waals surface area contributed by atoms with E-state index in [4.69, 9.17) is 9.47 Å². The number of carbonyl (C=O) groups excluding carboxylic acids is 1. The van der Waals surface area contributed by atoms with Crippen molar-refractivity contribution >= 4 is 29.5 Å². The summed E-state index contributed by atoms with van der Waals surface area (Å²) in [4.78, 5) is 10.9. The van der Waals surface area contributed by atoms with Crippen LogP contribution in [0.1, 0.15) is 18.9 Å². The van der Waals surface area contributed by atoms with Crippen LogP contribution >= 0.6 is 23.5 Å². The molecule has 0 aliphatic carbocycles. The molecule has 0 aliphatic rings. The molecule has 21 heavy (non-hydrogen) atoms. The maximum Gasteiger partial charge on any atom is 0.305 e. The van der Waals surface area contributed by atoms with E-state index in [2.05, 4.69) is 24.3 Å². The van der Waals surface area contributed by atoms with Crippen molar-refractivity contribution in [3.63, 3.8) is 0 Å². The number of hydrogen-bond donors (Lipinski definition) is 0. The van der Waals surface area contributed by atoms with Crippen molar-refractivity contribution in [1.29, 1.82) is 0 Å². The Bertz CT molecular complexity index is 371. The molecule has 1 aromatic carbocycles. The molecule has 0 aromatic heterocycles. The van der Waals surface area contributed by atoms with Gasteiger partial charge in [-0.25, -0.2) is 0 Å². The van der Waals surface area contributed by atoms with Gasteiger partial charge in [-0.3, -0.25) is 4.79 Å². The predicted octanol–water partition coefficient (Wildman–Crippen LogP) is 3.62. The van der Waals surface area contributed by atoms with Gasteiger partial charge in [0.05, 0.1) is 13.2 Å². The van der Waals surface area contributed by atoms with Gasteiger partial charge in [-0.2, -0.15) is 23.5 Å². The molecule has 0 fully saturated rings. The van der Waals surface area contributed by atoms with Crippen molar-refractivity contribution in [1.82, 2.24) is 0 Å². The molecule has 0 bridgehead atoms. The number of ether oxygens (including phenoxy) is 2. The van der Waals surface area contributed by atoms with Crippen molar-refractivity contribution < 1.29 is 14.3 Å². The van der Waals surface area contributed by atoms with Gasteiger partial charge in [0.2, 0.25) is 0 Å². The second kappa shape index (κ2) is 13.0. The molecule has 118 valence electrons. The van der Waals surface area contributed by atoms with E-state index in [0.29, 0.717) is 13.0 Å². The van der Waals surface area contributed by atoms with Crippen LogP contribution in [0.3, 0.4) is 0 Å². The zero-order valence-electron chi connectivity index (χ0n) is 12.6. The molecule has 0 N–H and O–H groups in total. The number of rotatable bonds is 12. The highest BCUT2D eigenvalue weighted by molar-refractivity contribution is 7.99. The molecule has 0 unspecified atom stereocenters. The maximum absolute atomic E-state index is 10.9. The summed E-state index contributed by atoms with van der Waals surface area (Å²) in [6.07, 6.45) is 0.453. The summed E-state index contributed by atoms with van der Waals surface area (Å²) in [6.45, 7) is 3.87. The molecule has 0 saturated heterocycles. The quantitative estimate of drug-likeness (QED) is 0.432. The maximum atomic E-state index is 10.9. The molecule has 0 aliphatic heterocycles. The van der Waals surface area contributed by atoms with Crippen LogP contribution in [0.4, 0.5) is 0 Å². The Kier molecular flexibility index (Phi) is 11.4. The lowest BCUT2D eigenvalue weighted by Gasteiger charge is -2.05. The highest BCUT2D eigenvalue weighted by Gasteiger charge is 1.97. The predicted molar refractivity (Wildman–Crippen MR) is 92.0 cm³/mol. The average molecular weight is 328 g/mol. The molecule has 0 radical (unpaired) electrons. The lowest BCUT2D eigenvalue weighted by molar-refractivity contribution is -0.142. The minimum atomic E-state index is -0.123. The van der Waals surface area contributed by atoms with E-state index >= 15 is 0 Å². The number of carbonyl (C=O) groups is 1. The normalized spacial score (nSPS) is 10.5. The third kappa shape index (κ3) is 10.7. The number of esters is 1. The Morgan fingerprint density at radius 3 is 2.38 bits per heavy atom. The summed E-state index contributed by atoms with van der Waals surface area (Å²) in [5.74, 6) is 3.74. The summed E-state index contributed by atoms with van der Waals surface area (Å²) < 4.78 is 10.6. The molecule has 0 atom stereocenters. The molecule has 0 saturated carbocycles. The van der Waals surface area contributed by atoms with Gasteiger partial charge in [-0.1, -0.05) is 37.3 Å². The van der Waals surface area contributed by atoms with Crippen LogP contribution in [0.15, 0.2) is 30.3 Å². The smallest absolute Gasteiger partial charge is 0.305 e. The van der Waals surface area contributed by atoms with Crippen LogP contribution in [0.2, 0.25) is 0 Å². The summed E-state index contributed by atoms with van der Waals surface area (Å²) >= 11 is 3.65. The van der Waals surface area contributed by atoms with Gasteiger partial charge in [-0.05, 0) is 5.56 Å². The zero-order chi connectivity index (χ0) is 15.2. The van der Waals surface area contributed by atoms with E-state index in [0.717, 1.165) is 36.2 Å². The number of hydrogen-bond acceptors (Lipinski definition) is 5. The number of benzene rings is 1. The van der Waals surface area contributed by atoms with Gasteiger partial charge >= 0.3 is 5.97 Å². The Hall–Kier alpha value is -0.650. The van der Waals surface area contributed by atoms with Crippen molar-refractivity contribution in [3.05, 3.63) is 35.9 Å². The summed E-state index contributed by atoms with van der Waals surface area (Å²) in [7, 11) is 0. The first-order chi connectivity index (χ1) is 10.3. The summed E-state index contributed by atoms with van der Waals surface area (Å²) in [6, 6.07) is 10.5. The highest BCUT2D eigenvalue weighted by Crippen LogP contribution is 2.11. The average Bonchev–Trinajstić information content (AvgIpc) is 2.53. The molecule has 0 heterocycles. The van der Waals surface area contributed by atoms with Crippen LogP contribution in [0, 0.1) is 0 Å². The van der Waals surface area contributed by atoms with E-state index in [-0.39, 0.29) is 5.97 Å². The fourth-order valence-electron chi connectivity index (χ4n) is 1.52. The molecule has 0 spiro atoms. The van der Waals surface area contributed by atoms with Crippen LogP contribution in [-0.4, -0.2) is 43.0 Å². The second-order valence-corrected chi connectivity index (χ2v) is 6.67. The van der Waals surface area contributed by atoms with Gasteiger partial charge in [0.15, 0.2) is 0 Å². The van der Waals surface area contributed by atoms with Crippen molar-refractivity contribution in [3.8, 4) is 0 Å². The topological polar surface area (TPSA) is 35.5 Å². The Morgan fingerprint density at radius 1 is 1.00 bits per heavy atom. The molecule has 5 heteroatoms. The molecule has 0 amide bonds. The first-order valence-electron chi connectivity index (χ1n) is 7.25. The highest BCUT2D eigenvalue weighted by atomic mass is 32.2. The van der Waals surface area contributed by atoms with Gasteiger partial charge in [0, 0.05) is 29.4 Å². The van der Waals surface area contributed by atoms with E-state index in [1.165, 1.54) is 5.56 Å². The largest absolute Gasteiger partial charge is 0.465 e. The molecule has 3 nitrogen and oxygen atoms in total.